The van der Waals surface area contributed by atoms with Crippen LogP contribution in [0.1, 0.15) is 32.8 Å². The van der Waals surface area contributed by atoms with Gasteiger partial charge in [0.15, 0.2) is 0 Å². The predicted octanol–water partition coefficient (Wildman–Crippen LogP) is 2.66. The Hall–Kier alpha value is -2.09. The van der Waals surface area contributed by atoms with Crippen molar-refractivity contribution in [1.29, 1.82) is 5.26 Å². The summed E-state index contributed by atoms with van der Waals surface area (Å²) in [6, 6.07) is 5.28. The van der Waals surface area contributed by atoms with Crippen LogP contribution in [0.5, 0.6) is 0 Å². The molecule has 0 saturated heterocycles. The summed E-state index contributed by atoms with van der Waals surface area (Å²) >= 11 is 0. The number of carbonyl (C=O) groups is 1. The van der Waals surface area contributed by atoms with Gasteiger partial charge in [-0.15, -0.1) is 0 Å². The first-order valence-corrected chi connectivity index (χ1v) is 6.68. The molecule has 0 spiro atoms. The SMILES string of the molecule is CC(C)CCNC(=O)C(C)Nc1ccc(F)cc1C#N. The van der Waals surface area contributed by atoms with Gasteiger partial charge < -0.3 is 10.6 Å². The lowest BCUT2D eigenvalue weighted by Crippen LogP contribution is -2.38. The Balaban J connectivity index is 2.60. The first kappa shape index (κ1) is 16.0. The smallest absolute Gasteiger partial charge is 0.242 e. The van der Waals surface area contributed by atoms with Crippen molar-refractivity contribution in [3.05, 3.63) is 29.6 Å². The number of nitrogens with zero attached hydrogens (tertiary/aromatic N) is 1. The highest BCUT2D eigenvalue weighted by Crippen LogP contribution is 2.16. The number of benzene rings is 1. The second kappa shape index (κ2) is 7.49. The van der Waals surface area contributed by atoms with Gasteiger partial charge in [-0.3, -0.25) is 4.79 Å². The third-order valence-electron chi connectivity index (χ3n) is 2.89. The zero-order valence-electron chi connectivity index (χ0n) is 12.0. The van der Waals surface area contributed by atoms with E-state index in [9.17, 15) is 9.18 Å². The van der Waals surface area contributed by atoms with Gasteiger partial charge in [-0.25, -0.2) is 4.39 Å². The lowest BCUT2D eigenvalue weighted by molar-refractivity contribution is -0.121. The molecule has 1 amide bonds. The minimum absolute atomic E-state index is 0.140. The molecule has 0 radical (unpaired) electrons. The zero-order valence-corrected chi connectivity index (χ0v) is 12.0. The van der Waals surface area contributed by atoms with Crippen LogP contribution in [0, 0.1) is 23.1 Å². The number of rotatable bonds is 6. The third-order valence-corrected chi connectivity index (χ3v) is 2.89. The second-order valence-corrected chi connectivity index (χ2v) is 5.14. The van der Waals surface area contributed by atoms with E-state index in [4.69, 9.17) is 5.26 Å². The fraction of sp³-hybridized carbons (Fsp3) is 0.467. The van der Waals surface area contributed by atoms with Crippen LogP contribution < -0.4 is 10.6 Å². The Morgan fingerprint density at radius 2 is 2.10 bits per heavy atom. The summed E-state index contributed by atoms with van der Waals surface area (Å²) in [6.07, 6.45) is 0.915. The second-order valence-electron chi connectivity index (χ2n) is 5.14. The first-order valence-electron chi connectivity index (χ1n) is 6.68. The van der Waals surface area contributed by atoms with Gasteiger partial charge in [0.2, 0.25) is 5.91 Å². The fourth-order valence-corrected chi connectivity index (χ4v) is 1.67. The van der Waals surface area contributed by atoms with Gasteiger partial charge >= 0.3 is 0 Å². The van der Waals surface area contributed by atoms with Gasteiger partial charge in [-0.05, 0) is 37.5 Å². The Morgan fingerprint density at radius 1 is 1.40 bits per heavy atom. The van der Waals surface area contributed by atoms with Crippen LogP contribution in [0.25, 0.3) is 0 Å². The van der Waals surface area contributed by atoms with Crippen LogP contribution in [0.2, 0.25) is 0 Å². The average Bonchev–Trinajstić information content (AvgIpc) is 2.40. The molecule has 0 aliphatic heterocycles. The molecule has 0 fully saturated rings. The molecule has 2 N–H and O–H groups in total. The summed E-state index contributed by atoms with van der Waals surface area (Å²) < 4.78 is 13.0. The van der Waals surface area contributed by atoms with Crippen LogP contribution in [-0.2, 0) is 4.79 Å². The van der Waals surface area contributed by atoms with Gasteiger partial charge in [0, 0.05) is 6.54 Å². The van der Waals surface area contributed by atoms with Crippen molar-refractivity contribution in [2.24, 2.45) is 5.92 Å². The van der Waals surface area contributed by atoms with Crippen molar-refractivity contribution in [2.45, 2.75) is 33.2 Å². The number of hydrogen-bond acceptors (Lipinski definition) is 3. The molecule has 0 bridgehead atoms. The maximum absolute atomic E-state index is 13.0. The number of hydrogen-bond donors (Lipinski definition) is 2. The molecular weight excluding hydrogens is 257 g/mol. The highest BCUT2D eigenvalue weighted by atomic mass is 19.1. The highest BCUT2D eigenvalue weighted by molar-refractivity contribution is 5.84. The largest absolute Gasteiger partial charge is 0.373 e. The van der Waals surface area contributed by atoms with Crippen LogP contribution in [0.15, 0.2) is 18.2 Å². The van der Waals surface area contributed by atoms with Crippen LogP contribution in [0.4, 0.5) is 10.1 Å². The molecule has 1 atom stereocenters. The van der Waals surface area contributed by atoms with E-state index in [1.807, 2.05) is 6.07 Å². The van der Waals surface area contributed by atoms with Crippen LogP contribution in [0.3, 0.4) is 0 Å². The van der Waals surface area contributed by atoms with Gasteiger partial charge in [0.1, 0.15) is 17.9 Å². The van der Waals surface area contributed by atoms with Crippen molar-refractivity contribution < 1.29 is 9.18 Å². The van der Waals surface area contributed by atoms with Gasteiger partial charge in [0.05, 0.1) is 11.3 Å². The molecule has 20 heavy (non-hydrogen) atoms. The number of halogens is 1. The molecule has 0 heterocycles. The van der Waals surface area contributed by atoms with E-state index in [2.05, 4.69) is 24.5 Å². The third kappa shape index (κ3) is 4.88. The quantitative estimate of drug-likeness (QED) is 0.840. The Kier molecular flexibility index (Phi) is 5.98. The van der Waals surface area contributed by atoms with Gasteiger partial charge in [-0.1, -0.05) is 13.8 Å². The summed E-state index contributed by atoms with van der Waals surface area (Å²) in [5.74, 6) is -0.0825. The Labute approximate surface area is 119 Å². The molecule has 5 heteroatoms. The Bertz CT molecular complexity index is 508. The van der Waals surface area contributed by atoms with Crippen molar-refractivity contribution in [3.63, 3.8) is 0 Å². The molecule has 0 aliphatic rings. The summed E-state index contributed by atoms with van der Waals surface area (Å²) in [7, 11) is 0. The van der Waals surface area contributed by atoms with E-state index in [-0.39, 0.29) is 11.5 Å². The van der Waals surface area contributed by atoms with Gasteiger partial charge in [-0.2, -0.15) is 5.26 Å². The maximum atomic E-state index is 13.0. The molecule has 4 nitrogen and oxygen atoms in total. The van der Waals surface area contributed by atoms with Crippen LogP contribution >= 0.6 is 0 Å². The number of amides is 1. The minimum atomic E-state index is -0.486. The van der Waals surface area contributed by atoms with E-state index in [1.165, 1.54) is 12.1 Å². The molecule has 1 aromatic carbocycles. The molecule has 1 unspecified atom stereocenters. The predicted molar refractivity (Wildman–Crippen MR) is 76.7 cm³/mol. The number of carbonyl (C=O) groups excluding carboxylic acids is 1. The molecular formula is C15H20FN3O. The molecule has 0 aliphatic carbocycles. The summed E-state index contributed by atoms with van der Waals surface area (Å²) in [4.78, 5) is 11.9. The Morgan fingerprint density at radius 3 is 2.70 bits per heavy atom. The average molecular weight is 277 g/mol. The standard InChI is InChI=1S/C15H20FN3O/c1-10(2)6-7-18-15(20)11(3)19-14-5-4-13(16)8-12(14)9-17/h4-5,8,10-11,19H,6-7H2,1-3H3,(H,18,20). The molecule has 0 saturated carbocycles. The highest BCUT2D eigenvalue weighted by Gasteiger charge is 2.14. The van der Waals surface area contributed by atoms with Gasteiger partial charge in [0.25, 0.3) is 0 Å². The summed E-state index contributed by atoms with van der Waals surface area (Å²) in [5, 5.41) is 14.7. The normalized spacial score (nSPS) is 11.8. The van der Waals surface area contributed by atoms with Crippen molar-refractivity contribution in [1.82, 2.24) is 5.32 Å². The molecule has 1 rings (SSSR count). The first-order chi connectivity index (χ1) is 9.43. The monoisotopic (exact) mass is 277 g/mol. The topological polar surface area (TPSA) is 64.9 Å². The maximum Gasteiger partial charge on any atom is 0.242 e. The van der Waals surface area contributed by atoms with Crippen LogP contribution in [-0.4, -0.2) is 18.5 Å². The zero-order chi connectivity index (χ0) is 15.1. The molecule has 0 aromatic heterocycles. The molecule has 1 aromatic rings. The van der Waals surface area contributed by atoms with Crippen molar-refractivity contribution in [3.8, 4) is 6.07 Å². The summed E-state index contributed by atoms with van der Waals surface area (Å²) in [6.45, 7) is 6.50. The lowest BCUT2D eigenvalue weighted by atomic mass is 10.1. The number of anilines is 1. The van der Waals surface area contributed by atoms with E-state index in [0.717, 1.165) is 12.5 Å². The lowest BCUT2D eigenvalue weighted by Gasteiger charge is -2.16. The van der Waals surface area contributed by atoms with E-state index in [1.54, 1.807) is 6.92 Å². The van der Waals surface area contributed by atoms with Crippen molar-refractivity contribution in [2.75, 3.05) is 11.9 Å². The van der Waals surface area contributed by atoms with E-state index in [0.29, 0.717) is 18.2 Å². The number of nitriles is 1. The minimum Gasteiger partial charge on any atom is -0.373 e. The van der Waals surface area contributed by atoms with E-state index >= 15 is 0 Å². The number of nitrogens with one attached hydrogen (secondary N) is 2. The summed E-state index contributed by atoms with van der Waals surface area (Å²) in [5.41, 5.74) is 0.646. The molecule has 108 valence electrons. The fourth-order valence-electron chi connectivity index (χ4n) is 1.67. The van der Waals surface area contributed by atoms with E-state index < -0.39 is 11.9 Å². The van der Waals surface area contributed by atoms with Crippen molar-refractivity contribution >= 4 is 11.6 Å².